The number of hydrogen-bond acceptors (Lipinski definition) is 5. The Morgan fingerprint density at radius 1 is 1.36 bits per heavy atom. The second kappa shape index (κ2) is 9.17. The summed E-state index contributed by atoms with van der Waals surface area (Å²) in [5.74, 6) is 0.00480. The summed E-state index contributed by atoms with van der Waals surface area (Å²) < 4.78 is 4.68. The summed E-state index contributed by atoms with van der Waals surface area (Å²) in [6, 6.07) is 7.30. The number of halogens is 1. The van der Waals surface area contributed by atoms with Gasteiger partial charge < -0.3 is 9.64 Å². The van der Waals surface area contributed by atoms with E-state index in [1.54, 1.807) is 4.90 Å². The number of benzene rings is 1. The SMILES string of the molecule is COC(=O)CCN(CC(C)C)C(=O)C1CC(c2cccc(Cl)c2)NN1. The third-order valence-corrected chi connectivity index (χ3v) is 4.40. The predicted octanol–water partition coefficient (Wildman–Crippen LogP) is 2.30. The van der Waals surface area contributed by atoms with Gasteiger partial charge in [0.25, 0.3) is 0 Å². The number of hydrazine groups is 1. The molecule has 1 saturated heterocycles. The molecule has 1 aromatic carbocycles. The van der Waals surface area contributed by atoms with Crippen LogP contribution < -0.4 is 10.9 Å². The van der Waals surface area contributed by atoms with Gasteiger partial charge in [0.2, 0.25) is 5.91 Å². The van der Waals surface area contributed by atoms with Crippen molar-refractivity contribution in [2.24, 2.45) is 5.92 Å². The molecular formula is C18H26ClN3O3. The molecule has 0 saturated carbocycles. The fraction of sp³-hybridized carbons (Fsp3) is 0.556. The molecule has 0 bridgehead atoms. The van der Waals surface area contributed by atoms with E-state index < -0.39 is 0 Å². The minimum atomic E-state index is -0.333. The van der Waals surface area contributed by atoms with Crippen molar-refractivity contribution in [3.8, 4) is 0 Å². The Labute approximate surface area is 153 Å². The van der Waals surface area contributed by atoms with Crippen molar-refractivity contribution in [1.82, 2.24) is 15.8 Å². The van der Waals surface area contributed by atoms with Gasteiger partial charge in [0, 0.05) is 24.2 Å². The third kappa shape index (κ3) is 5.70. The van der Waals surface area contributed by atoms with E-state index in [1.807, 2.05) is 38.1 Å². The van der Waals surface area contributed by atoms with Crippen LogP contribution in [0.15, 0.2) is 24.3 Å². The molecule has 0 radical (unpaired) electrons. The van der Waals surface area contributed by atoms with Crippen LogP contribution in [-0.2, 0) is 14.3 Å². The summed E-state index contributed by atoms with van der Waals surface area (Å²) in [7, 11) is 1.36. The van der Waals surface area contributed by atoms with Crippen molar-refractivity contribution in [2.75, 3.05) is 20.2 Å². The molecular weight excluding hydrogens is 342 g/mol. The van der Waals surface area contributed by atoms with Gasteiger partial charge in [0.1, 0.15) is 6.04 Å². The van der Waals surface area contributed by atoms with Crippen LogP contribution >= 0.6 is 11.6 Å². The fourth-order valence-electron chi connectivity index (χ4n) is 2.94. The predicted molar refractivity (Wildman–Crippen MR) is 96.9 cm³/mol. The zero-order valence-electron chi connectivity index (χ0n) is 14.9. The molecule has 0 aromatic heterocycles. The fourth-order valence-corrected chi connectivity index (χ4v) is 3.14. The third-order valence-electron chi connectivity index (χ3n) is 4.16. The molecule has 1 aliphatic rings. The molecule has 1 aromatic rings. The van der Waals surface area contributed by atoms with Crippen LogP contribution in [-0.4, -0.2) is 43.0 Å². The number of carbonyl (C=O) groups is 2. The first-order valence-electron chi connectivity index (χ1n) is 8.52. The van der Waals surface area contributed by atoms with Gasteiger partial charge in [0.05, 0.1) is 13.5 Å². The molecule has 2 unspecified atom stereocenters. The van der Waals surface area contributed by atoms with E-state index in [0.717, 1.165) is 5.56 Å². The standard InChI is InChI=1S/C18H26ClN3O3/c1-12(2)11-22(8-7-17(23)25-3)18(24)16-10-15(20-21-16)13-5-4-6-14(19)9-13/h4-6,9,12,15-16,20-21H,7-8,10-11H2,1-3H3. The van der Waals surface area contributed by atoms with Gasteiger partial charge in [0.15, 0.2) is 0 Å². The minimum Gasteiger partial charge on any atom is -0.469 e. The molecule has 2 rings (SSSR count). The number of carbonyl (C=O) groups excluding carboxylic acids is 2. The van der Waals surface area contributed by atoms with Gasteiger partial charge in [-0.25, -0.2) is 10.9 Å². The number of amides is 1. The van der Waals surface area contributed by atoms with Crippen molar-refractivity contribution in [3.63, 3.8) is 0 Å². The summed E-state index contributed by atoms with van der Waals surface area (Å²) >= 11 is 6.05. The molecule has 1 fully saturated rings. The van der Waals surface area contributed by atoms with E-state index in [2.05, 4.69) is 15.6 Å². The van der Waals surface area contributed by atoms with E-state index in [0.29, 0.717) is 30.5 Å². The van der Waals surface area contributed by atoms with Crippen LogP contribution in [0.2, 0.25) is 5.02 Å². The summed E-state index contributed by atoms with van der Waals surface area (Å²) in [6.45, 7) is 5.07. The van der Waals surface area contributed by atoms with Gasteiger partial charge >= 0.3 is 5.97 Å². The Balaban J connectivity index is 2.00. The molecule has 7 heteroatoms. The minimum absolute atomic E-state index is 0.00497. The monoisotopic (exact) mass is 367 g/mol. The summed E-state index contributed by atoms with van der Waals surface area (Å²) in [6.07, 6.45) is 0.832. The van der Waals surface area contributed by atoms with E-state index in [1.165, 1.54) is 7.11 Å². The van der Waals surface area contributed by atoms with Gasteiger partial charge in [-0.15, -0.1) is 0 Å². The van der Waals surface area contributed by atoms with Crippen LogP contribution in [0.1, 0.15) is 38.3 Å². The zero-order valence-corrected chi connectivity index (χ0v) is 15.7. The average molecular weight is 368 g/mol. The highest BCUT2D eigenvalue weighted by atomic mass is 35.5. The highest BCUT2D eigenvalue weighted by Crippen LogP contribution is 2.25. The Morgan fingerprint density at radius 3 is 2.76 bits per heavy atom. The van der Waals surface area contributed by atoms with Crippen molar-refractivity contribution in [2.45, 2.75) is 38.8 Å². The number of esters is 1. The lowest BCUT2D eigenvalue weighted by molar-refractivity contribution is -0.142. The quantitative estimate of drug-likeness (QED) is 0.723. The maximum atomic E-state index is 12.9. The highest BCUT2D eigenvalue weighted by molar-refractivity contribution is 6.30. The summed E-state index contributed by atoms with van der Waals surface area (Å²) in [4.78, 5) is 26.0. The number of methoxy groups -OCH3 is 1. The largest absolute Gasteiger partial charge is 0.469 e. The van der Waals surface area contributed by atoms with E-state index in [9.17, 15) is 9.59 Å². The zero-order chi connectivity index (χ0) is 18.4. The Bertz CT molecular complexity index is 609. The molecule has 2 atom stereocenters. The Kier molecular flexibility index (Phi) is 7.23. The van der Waals surface area contributed by atoms with Crippen LogP contribution in [0.3, 0.4) is 0 Å². The highest BCUT2D eigenvalue weighted by Gasteiger charge is 2.33. The number of nitrogens with zero attached hydrogens (tertiary/aromatic N) is 1. The molecule has 1 amide bonds. The van der Waals surface area contributed by atoms with Crippen LogP contribution in [0.25, 0.3) is 0 Å². The van der Waals surface area contributed by atoms with E-state index >= 15 is 0 Å². The lowest BCUT2D eigenvalue weighted by Crippen LogP contribution is -2.47. The van der Waals surface area contributed by atoms with Gasteiger partial charge in [-0.05, 0) is 30.0 Å². The van der Waals surface area contributed by atoms with Crippen LogP contribution in [0.5, 0.6) is 0 Å². The molecule has 0 spiro atoms. The first-order valence-corrected chi connectivity index (χ1v) is 8.90. The number of nitrogens with one attached hydrogen (secondary N) is 2. The summed E-state index contributed by atoms with van der Waals surface area (Å²) in [5, 5.41) is 0.675. The maximum absolute atomic E-state index is 12.9. The number of hydrogen-bond donors (Lipinski definition) is 2. The van der Waals surface area contributed by atoms with Gasteiger partial charge in [-0.2, -0.15) is 0 Å². The molecule has 138 valence electrons. The molecule has 25 heavy (non-hydrogen) atoms. The first kappa shape index (κ1) is 19.7. The smallest absolute Gasteiger partial charge is 0.307 e. The average Bonchev–Trinajstić information content (AvgIpc) is 3.07. The lowest BCUT2D eigenvalue weighted by atomic mass is 10.0. The van der Waals surface area contributed by atoms with Gasteiger partial charge in [-0.1, -0.05) is 37.6 Å². The van der Waals surface area contributed by atoms with Crippen LogP contribution in [0.4, 0.5) is 0 Å². The Hall–Kier alpha value is -1.63. The molecule has 1 heterocycles. The molecule has 2 N–H and O–H groups in total. The van der Waals surface area contributed by atoms with Crippen LogP contribution in [0, 0.1) is 5.92 Å². The second-order valence-corrected chi connectivity index (χ2v) is 7.13. The molecule has 1 aliphatic heterocycles. The first-order chi connectivity index (χ1) is 11.9. The van der Waals surface area contributed by atoms with Crippen molar-refractivity contribution in [3.05, 3.63) is 34.9 Å². The van der Waals surface area contributed by atoms with E-state index in [4.69, 9.17) is 11.6 Å². The molecule has 0 aliphatic carbocycles. The second-order valence-electron chi connectivity index (χ2n) is 6.69. The Morgan fingerprint density at radius 2 is 2.12 bits per heavy atom. The topological polar surface area (TPSA) is 70.7 Å². The van der Waals surface area contributed by atoms with Crippen molar-refractivity contribution in [1.29, 1.82) is 0 Å². The lowest BCUT2D eigenvalue weighted by Gasteiger charge is -2.26. The van der Waals surface area contributed by atoms with Gasteiger partial charge in [-0.3, -0.25) is 9.59 Å². The number of ether oxygens (including phenoxy) is 1. The number of rotatable bonds is 7. The normalized spacial score (nSPS) is 19.9. The van der Waals surface area contributed by atoms with Crippen molar-refractivity contribution >= 4 is 23.5 Å². The van der Waals surface area contributed by atoms with E-state index in [-0.39, 0.29) is 30.4 Å². The maximum Gasteiger partial charge on any atom is 0.307 e. The summed E-state index contributed by atoms with van der Waals surface area (Å²) in [5.41, 5.74) is 7.29. The molecule has 6 nitrogen and oxygen atoms in total. The van der Waals surface area contributed by atoms with Crippen molar-refractivity contribution < 1.29 is 14.3 Å².